The van der Waals surface area contributed by atoms with Crippen LogP contribution in [-0.4, -0.2) is 29.9 Å². The predicted octanol–water partition coefficient (Wildman–Crippen LogP) is 3.19. The van der Waals surface area contributed by atoms with E-state index in [9.17, 15) is 4.79 Å². The molecule has 1 aromatic carbocycles. The Labute approximate surface area is 108 Å². The summed E-state index contributed by atoms with van der Waals surface area (Å²) in [5, 5.41) is 0. The fourth-order valence-corrected chi connectivity index (χ4v) is 4.77. The van der Waals surface area contributed by atoms with E-state index in [4.69, 9.17) is 4.74 Å². The number of carbonyl (C=O) groups is 1. The molecule has 0 N–H and O–H groups in total. The van der Waals surface area contributed by atoms with E-state index in [1.165, 1.54) is 3.58 Å². The van der Waals surface area contributed by atoms with Gasteiger partial charge in [-0.25, -0.2) is 0 Å². The van der Waals surface area contributed by atoms with Gasteiger partial charge in [-0.1, -0.05) is 0 Å². The molecule has 0 saturated heterocycles. The number of rotatable bonds is 2. The van der Waals surface area contributed by atoms with Crippen LogP contribution in [0, 0.1) is 0 Å². The second-order valence-electron chi connectivity index (χ2n) is 6.33. The summed E-state index contributed by atoms with van der Waals surface area (Å²) in [4.78, 5) is 18.9. The third kappa shape index (κ3) is 4.70. The van der Waals surface area contributed by atoms with Crippen molar-refractivity contribution >= 4 is 27.9 Å². The van der Waals surface area contributed by atoms with Crippen molar-refractivity contribution in [3.63, 3.8) is 0 Å². The molecule has 0 saturated carbocycles. The summed E-state index contributed by atoms with van der Waals surface area (Å²) in [7, 11) is 0. The summed E-state index contributed by atoms with van der Waals surface area (Å²) in [5.74, 6) is -0.242. The minimum atomic E-state index is -2.00. The molecule has 1 rings (SSSR count). The van der Waals surface area contributed by atoms with Gasteiger partial charge in [-0.2, -0.15) is 0 Å². The Hall–Kier alpha value is -0.511. The molecule has 0 spiro atoms. The Bertz CT molecular complexity index is 394. The van der Waals surface area contributed by atoms with Crippen molar-refractivity contribution in [2.75, 3.05) is 0 Å². The summed E-state index contributed by atoms with van der Waals surface area (Å²) in [6.07, 6.45) is 0. The van der Waals surface area contributed by atoms with Crippen molar-refractivity contribution < 1.29 is 9.53 Å². The van der Waals surface area contributed by atoms with E-state index >= 15 is 0 Å². The fraction of sp³-hybridized carbons (Fsp3) is 0.500. The zero-order valence-electron chi connectivity index (χ0n) is 11.6. The second-order valence-corrected chi connectivity index (χ2v) is 20.8. The van der Waals surface area contributed by atoms with Crippen molar-refractivity contribution in [3.8, 4) is 0 Å². The van der Waals surface area contributed by atoms with Crippen molar-refractivity contribution in [1.82, 2.24) is 0 Å². The van der Waals surface area contributed by atoms with Gasteiger partial charge in [0.25, 0.3) is 0 Å². The molecule has 0 amide bonds. The zero-order valence-corrected chi connectivity index (χ0v) is 14.5. The van der Waals surface area contributed by atoms with Gasteiger partial charge >= 0.3 is 108 Å². The second kappa shape index (κ2) is 5.00. The van der Waals surface area contributed by atoms with Crippen molar-refractivity contribution in [2.24, 2.45) is 0 Å². The molecule has 0 fully saturated rings. The topological polar surface area (TPSA) is 26.3 Å². The predicted molar refractivity (Wildman–Crippen MR) is 74.6 cm³/mol. The first-order chi connectivity index (χ1) is 7.59. The molecule has 0 heterocycles. The van der Waals surface area contributed by atoms with E-state index in [-0.39, 0.29) is 5.97 Å². The normalized spacial score (nSPS) is 12.4. The van der Waals surface area contributed by atoms with E-state index in [1.807, 2.05) is 32.9 Å². The van der Waals surface area contributed by atoms with E-state index in [0.717, 1.165) is 0 Å². The minimum absolute atomic E-state index is 0.242. The summed E-state index contributed by atoms with van der Waals surface area (Å²) in [6, 6.07) is 7.92. The molecule has 3 heteroatoms. The summed E-state index contributed by atoms with van der Waals surface area (Å²) >= 11 is -2.00. The number of benzene rings is 1. The Balaban J connectivity index is 2.85. The van der Waals surface area contributed by atoms with Crippen LogP contribution in [0.4, 0.5) is 0 Å². The number of carbonyl (C=O) groups excluding carboxylic acids is 1. The van der Waals surface area contributed by atoms with E-state index < -0.39 is 24.0 Å². The van der Waals surface area contributed by atoms with Crippen molar-refractivity contribution in [3.05, 3.63) is 29.8 Å². The van der Waals surface area contributed by atoms with Gasteiger partial charge in [0.05, 0.1) is 0 Å². The molecule has 0 radical (unpaired) electrons. The molecule has 1 aromatic rings. The monoisotopic (exact) mass is 342 g/mol. The fourth-order valence-electron chi connectivity index (χ4n) is 1.44. The van der Waals surface area contributed by atoms with E-state index in [1.54, 1.807) is 0 Å². The van der Waals surface area contributed by atoms with Gasteiger partial charge in [-0.15, -0.1) is 0 Å². The molecule has 2 nitrogen and oxygen atoms in total. The van der Waals surface area contributed by atoms with Gasteiger partial charge in [-0.05, 0) is 0 Å². The third-order valence-corrected chi connectivity index (χ3v) is 8.28. The number of hydrogen-bond acceptors (Lipinski definition) is 2. The molecule has 94 valence electrons. The van der Waals surface area contributed by atoms with Crippen LogP contribution in [0.15, 0.2) is 24.3 Å². The van der Waals surface area contributed by atoms with Crippen LogP contribution in [0.5, 0.6) is 0 Å². The van der Waals surface area contributed by atoms with Crippen LogP contribution in [0.2, 0.25) is 14.8 Å². The standard InChI is InChI=1S/C11H13O2.3CH3.Sn/c1-11(2,3)13-10(12)9-7-5-4-6-8-9;;;;/h5-8H,1-3H3;3*1H3;. The van der Waals surface area contributed by atoms with Crippen LogP contribution in [0.3, 0.4) is 0 Å². The molecule has 0 aliphatic rings. The average molecular weight is 341 g/mol. The van der Waals surface area contributed by atoms with Gasteiger partial charge in [0.1, 0.15) is 0 Å². The summed E-state index contributed by atoms with van der Waals surface area (Å²) in [5.41, 5.74) is 0.207. The molecular formula is C14H22O2Sn. The Morgan fingerprint density at radius 2 is 1.53 bits per heavy atom. The van der Waals surface area contributed by atoms with Gasteiger partial charge < -0.3 is 0 Å². The Morgan fingerprint density at radius 3 is 1.88 bits per heavy atom. The molecule has 0 atom stereocenters. The zero-order chi connectivity index (χ0) is 13.3. The Morgan fingerprint density at radius 1 is 1.06 bits per heavy atom. The number of ether oxygens (including phenoxy) is 1. The van der Waals surface area contributed by atoms with Gasteiger partial charge in [0.15, 0.2) is 0 Å². The van der Waals surface area contributed by atoms with Crippen molar-refractivity contribution in [1.29, 1.82) is 0 Å². The molecular weight excluding hydrogens is 319 g/mol. The van der Waals surface area contributed by atoms with Crippen LogP contribution < -0.4 is 3.58 Å². The molecule has 0 bridgehead atoms. The molecule has 0 aromatic heterocycles. The number of hydrogen-bond donors (Lipinski definition) is 0. The Kier molecular flexibility index (Phi) is 4.28. The van der Waals surface area contributed by atoms with Crippen LogP contribution in [0.1, 0.15) is 31.1 Å². The van der Waals surface area contributed by atoms with Crippen LogP contribution >= 0.6 is 0 Å². The third-order valence-electron chi connectivity index (χ3n) is 2.39. The maximum absolute atomic E-state index is 11.8. The van der Waals surface area contributed by atoms with Crippen LogP contribution in [0.25, 0.3) is 0 Å². The van der Waals surface area contributed by atoms with E-state index in [0.29, 0.717) is 5.56 Å². The van der Waals surface area contributed by atoms with Crippen LogP contribution in [-0.2, 0) is 4.74 Å². The molecule has 17 heavy (non-hydrogen) atoms. The first-order valence-corrected chi connectivity index (χ1v) is 15.9. The quantitative estimate of drug-likeness (QED) is 0.610. The first-order valence-electron chi connectivity index (χ1n) is 5.93. The molecule has 0 aliphatic heterocycles. The van der Waals surface area contributed by atoms with Gasteiger partial charge in [0, 0.05) is 0 Å². The first kappa shape index (κ1) is 14.5. The maximum atomic E-state index is 11.8. The van der Waals surface area contributed by atoms with Crippen molar-refractivity contribution in [2.45, 2.75) is 41.2 Å². The average Bonchev–Trinajstić information content (AvgIpc) is 2.14. The SMILES string of the molecule is CC(C)(C)OC(=O)c1cc[c]([Sn]([CH3])([CH3])[CH3])cc1. The molecule has 0 unspecified atom stereocenters. The van der Waals surface area contributed by atoms with Gasteiger partial charge in [-0.3, -0.25) is 0 Å². The summed E-state index contributed by atoms with van der Waals surface area (Å²) in [6.45, 7) is 5.64. The number of esters is 1. The summed E-state index contributed by atoms with van der Waals surface area (Å²) < 4.78 is 6.75. The van der Waals surface area contributed by atoms with E-state index in [2.05, 4.69) is 27.0 Å². The van der Waals surface area contributed by atoms with Gasteiger partial charge in [0.2, 0.25) is 0 Å². The molecule has 0 aliphatic carbocycles.